The van der Waals surface area contributed by atoms with E-state index in [0.29, 0.717) is 12.2 Å². The first-order valence-corrected chi connectivity index (χ1v) is 6.27. The van der Waals surface area contributed by atoms with Gasteiger partial charge < -0.3 is 10.1 Å². The van der Waals surface area contributed by atoms with Crippen molar-refractivity contribution in [2.45, 2.75) is 13.0 Å². The van der Waals surface area contributed by atoms with Crippen molar-refractivity contribution in [1.29, 1.82) is 5.26 Å². The number of para-hydroxylation sites is 1. The number of ether oxygens (including phenoxy) is 1. The van der Waals surface area contributed by atoms with Gasteiger partial charge in [0.05, 0.1) is 17.3 Å². The molecule has 1 atom stereocenters. The highest BCUT2D eigenvalue weighted by molar-refractivity contribution is 5.60. The summed E-state index contributed by atoms with van der Waals surface area (Å²) in [6.45, 7) is 2.61. The summed E-state index contributed by atoms with van der Waals surface area (Å²) in [6, 6.07) is 16.1. The van der Waals surface area contributed by atoms with E-state index in [1.807, 2.05) is 43.3 Å². The zero-order chi connectivity index (χ0) is 13.2. The summed E-state index contributed by atoms with van der Waals surface area (Å²) in [5, 5.41) is 12.6. The second-order valence-electron chi connectivity index (χ2n) is 4.71. The molecule has 0 amide bonds. The Kier molecular flexibility index (Phi) is 2.85. The molecule has 94 valence electrons. The molecule has 3 nitrogen and oxygen atoms in total. The second-order valence-corrected chi connectivity index (χ2v) is 4.71. The quantitative estimate of drug-likeness (QED) is 0.888. The van der Waals surface area contributed by atoms with Crippen molar-refractivity contribution in [2.75, 3.05) is 11.9 Å². The molecule has 0 bridgehead atoms. The van der Waals surface area contributed by atoms with Crippen LogP contribution in [-0.2, 0) is 0 Å². The minimum atomic E-state index is 0.102. The number of hydrogen-bond donors (Lipinski definition) is 1. The highest BCUT2D eigenvalue weighted by Crippen LogP contribution is 2.34. The summed E-state index contributed by atoms with van der Waals surface area (Å²) >= 11 is 0. The van der Waals surface area contributed by atoms with Gasteiger partial charge in [-0.2, -0.15) is 5.26 Å². The lowest BCUT2D eigenvalue weighted by molar-refractivity contribution is 0.340. The van der Waals surface area contributed by atoms with Gasteiger partial charge in [0.25, 0.3) is 0 Å². The highest BCUT2D eigenvalue weighted by Gasteiger charge is 2.23. The predicted molar refractivity (Wildman–Crippen MR) is 74.2 cm³/mol. The van der Waals surface area contributed by atoms with E-state index in [1.165, 1.54) is 0 Å². The molecule has 19 heavy (non-hydrogen) atoms. The van der Waals surface area contributed by atoms with Crippen LogP contribution >= 0.6 is 0 Å². The summed E-state index contributed by atoms with van der Waals surface area (Å²) in [5.41, 5.74) is 3.81. The SMILES string of the molecule is Cc1ccc(C#N)c(NC2COc3ccccc32)c1. The minimum Gasteiger partial charge on any atom is -0.491 e. The molecule has 0 aromatic heterocycles. The molecule has 2 aromatic rings. The number of benzene rings is 2. The fraction of sp³-hybridized carbons (Fsp3) is 0.188. The number of anilines is 1. The molecule has 0 fully saturated rings. The molecule has 2 aromatic carbocycles. The number of aryl methyl sites for hydroxylation is 1. The molecule has 0 aliphatic carbocycles. The third kappa shape index (κ3) is 2.13. The van der Waals surface area contributed by atoms with Crippen molar-refractivity contribution >= 4 is 5.69 Å². The Bertz CT molecular complexity index is 658. The van der Waals surface area contributed by atoms with E-state index in [0.717, 1.165) is 22.6 Å². The van der Waals surface area contributed by atoms with Gasteiger partial charge in [0.15, 0.2) is 0 Å². The van der Waals surface area contributed by atoms with Crippen molar-refractivity contribution in [2.24, 2.45) is 0 Å². The largest absolute Gasteiger partial charge is 0.491 e. The van der Waals surface area contributed by atoms with Crippen molar-refractivity contribution in [3.05, 3.63) is 59.2 Å². The summed E-state index contributed by atoms with van der Waals surface area (Å²) < 4.78 is 5.64. The van der Waals surface area contributed by atoms with E-state index >= 15 is 0 Å². The normalized spacial score (nSPS) is 16.3. The average Bonchev–Trinajstić information content (AvgIpc) is 2.83. The molecule has 0 radical (unpaired) electrons. The Morgan fingerprint density at radius 3 is 2.95 bits per heavy atom. The zero-order valence-corrected chi connectivity index (χ0v) is 10.7. The smallest absolute Gasteiger partial charge is 0.124 e. The number of hydrogen-bond acceptors (Lipinski definition) is 3. The van der Waals surface area contributed by atoms with Crippen molar-refractivity contribution in [3.63, 3.8) is 0 Å². The summed E-state index contributed by atoms with van der Waals surface area (Å²) in [5.74, 6) is 0.922. The van der Waals surface area contributed by atoms with Crippen LogP contribution in [0.15, 0.2) is 42.5 Å². The Morgan fingerprint density at radius 2 is 2.11 bits per heavy atom. The molecular formula is C16H14N2O. The molecular weight excluding hydrogens is 236 g/mol. The van der Waals surface area contributed by atoms with Crippen LogP contribution in [0.4, 0.5) is 5.69 Å². The first kappa shape index (κ1) is 11.6. The number of nitrogens with one attached hydrogen (secondary N) is 1. The van der Waals surface area contributed by atoms with E-state index in [1.54, 1.807) is 0 Å². The van der Waals surface area contributed by atoms with Crippen LogP contribution in [0.3, 0.4) is 0 Å². The Hall–Kier alpha value is -2.47. The van der Waals surface area contributed by atoms with E-state index in [2.05, 4.69) is 17.5 Å². The maximum absolute atomic E-state index is 9.16. The van der Waals surface area contributed by atoms with Crippen LogP contribution in [0, 0.1) is 18.3 Å². The third-order valence-electron chi connectivity index (χ3n) is 3.33. The van der Waals surface area contributed by atoms with Crippen molar-refractivity contribution in [3.8, 4) is 11.8 Å². The Morgan fingerprint density at radius 1 is 1.26 bits per heavy atom. The van der Waals surface area contributed by atoms with Gasteiger partial charge in [-0.15, -0.1) is 0 Å². The van der Waals surface area contributed by atoms with Crippen LogP contribution in [-0.4, -0.2) is 6.61 Å². The molecule has 0 saturated carbocycles. The van der Waals surface area contributed by atoms with Gasteiger partial charge >= 0.3 is 0 Å². The molecule has 3 rings (SSSR count). The third-order valence-corrected chi connectivity index (χ3v) is 3.33. The standard InChI is InChI=1S/C16H14N2O/c1-11-6-7-12(9-17)14(8-11)18-15-10-19-16-5-3-2-4-13(15)16/h2-8,15,18H,10H2,1H3. The predicted octanol–water partition coefficient (Wildman–Crippen LogP) is 3.41. The van der Waals surface area contributed by atoms with Crippen molar-refractivity contribution in [1.82, 2.24) is 0 Å². The maximum atomic E-state index is 9.16. The van der Waals surface area contributed by atoms with Gasteiger partial charge in [-0.3, -0.25) is 0 Å². The first-order valence-electron chi connectivity index (χ1n) is 6.27. The summed E-state index contributed by atoms with van der Waals surface area (Å²) in [6.07, 6.45) is 0. The fourth-order valence-corrected chi connectivity index (χ4v) is 2.34. The molecule has 0 saturated heterocycles. The van der Waals surface area contributed by atoms with E-state index in [-0.39, 0.29) is 6.04 Å². The van der Waals surface area contributed by atoms with Crippen LogP contribution in [0.5, 0.6) is 5.75 Å². The van der Waals surface area contributed by atoms with Crippen molar-refractivity contribution < 1.29 is 4.74 Å². The lowest BCUT2D eigenvalue weighted by Gasteiger charge is -2.15. The molecule has 1 N–H and O–H groups in total. The fourth-order valence-electron chi connectivity index (χ4n) is 2.34. The molecule has 1 aliphatic heterocycles. The number of rotatable bonds is 2. The van der Waals surface area contributed by atoms with Gasteiger partial charge in [0, 0.05) is 5.56 Å². The zero-order valence-electron chi connectivity index (χ0n) is 10.7. The number of fused-ring (bicyclic) bond motifs is 1. The van der Waals surface area contributed by atoms with Crippen LogP contribution in [0.1, 0.15) is 22.7 Å². The summed E-state index contributed by atoms with van der Waals surface area (Å²) in [7, 11) is 0. The maximum Gasteiger partial charge on any atom is 0.124 e. The molecule has 1 aliphatic rings. The number of nitriles is 1. The first-order chi connectivity index (χ1) is 9.28. The van der Waals surface area contributed by atoms with Gasteiger partial charge in [-0.25, -0.2) is 0 Å². The van der Waals surface area contributed by atoms with Gasteiger partial charge in [-0.05, 0) is 30.7 Å². The van der Waals surface area contributed by atoms with Gasteiger partial charge in [-0.1, -0.05) is 24.3 Å². The van der Waals surface area contributed by atoms with Crippen LogP contribution in [0.25, 0.3) is 0 Å². The average molecular weight is 250 g/mol. The minimum absolute atomic E-state index is 0.102. The summed E-state index contributed by atoms with van der Waals surface area (Å²) in [4.78, 5) is 0. The van der Waals surface area contributed by atoms with Gasteiger partial charge in [0.2, 0.25) is 0 Å². The lowest BCUT2D eigenvalue weighted by atomic mass is 10.1. The molecule has 0 spiro atoms. The Labute approximate surface area is 112 Å². The second kappa shape index (κ2) is 4.66. The van der Waals surface area contributed by atoms with E-state index < -0.39 is 0 Å². The Balaban J connectivity index is 1.92. The van der Waals surface area contributed by atoms with E-state index in [4.69, 9.17) is 10.00 Å². The van der Waals surface area contributed by atoms with Crippen LogP contribution in [0.2, 0.25) is 0 Å². The lowest BCUT2D eigenvalue weighted by Crippen LogP contribution is -2.12. The van der Waals surface area contributed by atoms with E-state index in [9.17, 15) is 0 Å². The van der Waals surface area contributed by atoms with Crippen LogP contribution < -0.4 is 10.1 Å². The highest BCUT2D eigenvalue weighted by atomic mass is 16.5. The monoisotopic (exact) mass is 250 g/mol. The topological polar surface area (TPSA) is 45.0 Å². The molecule has 3 heteroatoms. The number of nitrogens with zero attached hydrogens (tertiary/aromatic N) is 1. The molecule has 1 heterocycles. The van der Waals surface area contributed by atoms with Gasteiger partial charge in [0.1, 0.15) is 18.4 Å². The molecule has 1 unspecified atom stereocenters.